The molecule has 104 valence electrons. The summed E-state index contributed by atoms with van der Waals surface area (Å²) in [5, 5.41) is 9.65. The Morgan fingerprint density at radius 1 is 0.950 bits per heavy atom. The fraction of sp³-hybridized carbons (Fsp3) is 0.588. The van der Waals surface area contributed by atoms with Crippen LogP contribution in [0.1, 0.15) is 29.5 Å². The lowest BCUT2D eigenvalue weighted by Gasteiger charge is -2.55. The maximum atomic E-state index is 9.65. The van der Waals surface area contributed by atoms with Gasteiger partial charge in [-0.05, 0) is 42.4 Å². The highest BCUT2D eigenvalue weighted by Crippen LogP contribution is 2.51. The zero-order chi connectivity index (χ0) is 13.6. The quantitative estimate of drug-likeness (QED) is 0.827. The van der Waals surface area contributed by atoms with Crippen molar-refractivity contribution in [2.24, 2.45) is 5.41 Å². The van der Waals surface area contributed by atoms with Crippen LogP contribution in [-0.4, -0.2) is 26.4 Å². The van der Waals surface area contributed by atoms with Crippen molar-refractivity contribution in [1.82, 2.24) is 0 Å². The summed E-state index contributed by atoms with van der Waals surface area (Å²) in [4.78, 5) is 0. The van der Waals surface area contributed by atoms with Gasteiger partial charge in [-0.2, -0.15) is 5.26 Å². The van der Waals surface area contributed by atoms with Crippen LogP contribution in [0, 0.1) is 16.7 Å². The van der Waals surface area contributed by atoms with Crippen LogP contribution in [-0.2, 0) is 27.7 Å². The van der Waals surface area contributed by atoms with Crippen LogP contribution in [0.25, 0.3) is 0 Å². The first-order chi connectivity index (χ1) is 9.80. The first-order valence-electron chi connectivity index (χ1n) is 7.49. The molecule has 0 saturated carbocycles. The van der Waals surface area contributed by atoms with Crippen LogP contribution in [0.3, 0.4) is 0 Å². The van der Waals surface area contributed by atoms with E-state index in [0.29, 0.717) is 26.4 Å². The molecule has 2 aliphatic heterocycles. The molecule has 0 bridgehead atoms. The first-order valence-corrected chi connectivity index (χ1v) is 7.49. The zero-order valence-electron chi connectivity index (χ0n) is 11.7. The molecular formula is C17H19NO2. The van der Waals surface area contributed by atoms with Gasteiger partial charge in [-0.25, -0.2) is 0 Å². The van der Waals surface area contributed by atoms with Gasteiger partial charge in [0.2, 0.25) is 0 Å². The molecule has 1 aliphatic carbocycles. The molecule has 0 spiro atoms. The Hall–Kier alpha value is -1.37. The smallest absolute Gasteiger partial charge is 0.118 e. The van der Waals surface area contributed by atoms with Gasteiger partial charge >= 0.3 is 0 Å². The molecule has 2 saturated heterocycles. The van der Waals surface area contributed by atoms with Crippen LogP contribution >= 0.6 is 0 Å². The minimum Gasteiger partial charge on any atom is -0.379 e. The fourth-order valence-electron chi connectivity index (χ4n) is 3.81. The number of aryl methyl sites for hydroxylation is 2. The van der Waals surface area contributed by atoms with E-state index in [2.05, 4.69) is 24.3 Å². The Morgan fingerprint density at radius 3 is 2.20 bits per heavy atom. The highest BCUT2D eigenvalue weighted by atomic mass is 16.5. The molecule has 1 aromatic carbocycles. The van der Waals surface area contributed by atoms with Crippen LogP contribution < -0.4 is 0 Å². The van der Waals surface area contributed by atoms with Crippen molar-refractivity contribution in [3.63, 3.8) is 0 Å². The van der Waals surface area contributed by atoms with E-state index in [0.717, 1.165) is 0 Å². The van der Waals surface area contributed by atoms with Crippen LogP contribution in [0.4, 0.5) is 0 Å². The molecule has 20 heavy (non-hydrogen) atoms. The second-order valence-corrected chi connectivity index (χ2v) is 6.45. The largest absolute Gasteiger partial charge is 0.379 e. The number of rotatable bonds is 2. The lowest BCUT2D eigenvalue weighted by Crippen LogP contribution is -2.66. The fourth-order valence-corrected chi connectivity index (χ4v) is 3.81. The van der Waals surface area contributed by atoms with E-state index in [9.17, 15) is 5.26 Å². The molecule has 0 radical (unpaired) electrons. The predicted octanol–water partition coefficient (Wildman–Crippen LogP) is 2.37. The Balaban J connectivity index is 1.77. The third-order valence-electron chi connectivity index (χ3n) is 5.42. The van der Waals surface area contributed by atoms with E-state index < -0.39 is 0 Å². The van der Waals surface area contributed by atoms with Crippen molar-refractivity contribution in [1.29, 1.82) is 5.26 Å². The summed E-state index contributed by atoms with van der Waals surface area (Å²) in [5.41, 5.74) is 3.73. The average Bonchev–Trinajstić information content (AvgIpc) is 2.40. The number of nitriles is 1. The van der Waals surface area contributed by atoms with Gasteiger partial charge in [-0.15, -0.1) is 0 Å². The normalized spacial score (nSPS) is 25.8. The standard InChI is InChI=1S/C17H19NO2/c18-8-16(9-19-10-16)17(11-20-12-17)15-6-5-13-3-1-2-4-14(13)7-15/h5-7H,1-4,9-12H2. The van der Waals surface area contributed by atoms with Crippen molar-refractivity contribution in [3.8, 4) is 6.07 Å². The van der Waals surface area contributed by atoms with Crippen molar-refractivity contribution in [2.45, 2.75) is 31.1 Å². The Labute approximate surface area is 119 Å². The highest BCUT2D eigenvalue weighted by molar-refractivity contribution is 5.42. The minimum atomic E-state index is -0.381. The number of benzene rings is 1. The van der Waals surface area contributed by atoms with E-state index in [-0.39, 0.29) is 10.8 Å². The van der Waals surface area contributed by atoms with E-state index in [1.54, 1.807) is 0 Å². The summed E-state index contributed by atoms with van der Waals surface area (Å²) < 4.78 is 10.9. The third kappa shape index (κ3) is 1.47. The molecule has 0 atom stereocenters. The van der Waals surface area contributed by atoms with Gasteiger partial charge in [0.05, 0.1) is 37.9 Å². The van der Waals surface area contributed by atoms with Crippen molar-refractivity contribution in [2.75, 3.05) is 26.4 Å². The minimum absolute atomic E-state index is 0.146. The van der Waals surface area contributed by atoms with E-state index in [4.69, 9.17) is 9.47 Å². The topological polar surface area (TPSA) is 42.2 Å². The van der Waals surface area contributed by atoms with Gasteiger partial charge in [-0.3, -0.25) is 0 Å². The van der Waals surface area contributed by atoms with Crippen LogP contribution in [0.5, 0.6) is 0 Å². The molecule has 0 N–H and O–H groups in total. The van der Waals surface area contributed by atoms with Gasteiger partial charge in [0.1, 0.15) is 5.41 Å². The molecule has 3 heteroatoms. The molecule has 4 rings (SSSR count). The molecule has 0 aromatic heterocycles. The van der Waals surface area contributed by atoms with E-state index >= 15 is 0 Å². The highest BCUT2D eigenvalue weighted by Gasteiger charge is 2.62. The zero-order valence-corrected chi connectivity index (χ0v) is 11.7. The van der Waals surface area contributed by atoms with Crippen molar-refractivity contribution >= 4 is 0 Å². The van der Waals surface area contributed by atoms with Gasteiger partial charge in [-0.1, -0.05) is 18.2 Å². The number of ether oxygens (including phenoxy) is 2. The van der Waals surface area contributed by atoms with Crippen molar-refractivity contribution in [3.05, 3.63) is 34.9 Å². The summed E-state index contributed by atoms with van der Waals surface area (Å²) >= 11 is 0. The monoisotopic (exact) mass is 269 g/mol. The first kappa shape index (κ1) is 12.4. The molecule has 1 aromatic rings. The summed E-state index contributed by atoms with van der Waals surface area (Å²) in [6.07, 6.45) is 4.96. The molecule has 2 heterocycles. The maximum Gasteiger partial charge on any atom is 0.118 e. The number of hydrogen-bond acceptors (Lipinski definition) is 3. The predicted molar refractivity (Wildman–Crippen MR) is 74.4 cm³/mol. The summed E-state index contributed by atoms with van der Waals surface area (Å²) in [6.45, 7) is 2.40. The Kier molecular flexibility index (Phi) is 2.67. The average molecular weight is 269 g/mol. The van der Waals surface area contributed by atoms with Gasteiger partial charge in [0.25, 0.3) is 0 Å². The van der Waals surface area contributed by atoms with E-state index in [1.807, 2.05) is 0 Å². The molecule has 3 aliphatic rings. The van der Waals surface area contributed by atoms with Gasteiger partial charge in [0.15, 0.2) is 0 Å². The van der Waals surface area contributed by atoms with Crippen LogP contribution in [0.15, 0.2) is 18.2 Å². The lowest BCUT2D eigenvalue weighted by atomic mass is 9.57. The third-order valence-corrected chi connectivity index (χ3v) is 5.42. The number of hydrogen-bond donors (Lipinski definition) is 0. The summed E-state index contributed by atoms with van der Waals surface area (Å²) in [7, 11) is 0. The van der Waals surface area contributed by atoms with Crippen molar-refractivity contribution < 1.29 is 9.47 Å². The summed E-state index contributed by atoms with van der Waals surface area (Å²) in [5.74, 6) is 0. The Bertz CT molecular complexity index is 579. The van der Waals surface area contributed by atoms with E-state index in [1.165, 1.54) is 42.4 Å². The second-order valence-electron chi connectivity index (χ2n) is 6.45. The summed E-state index contributed by atoms with van der Waals surface area (Å²) in [6, 6.07) is 9.37. The second kappa shape index (κ2) is 4.31. The molecule has 2 fully saturated rings. The number of fused-ring (bicyclic) bond motifs is 1. The SMILES string of the molecule is N#CC1(C2(c3ccc4c(c3)CCCC4)COC2)COC1. The molecule has 0 amide bonds. The van der Waals surface area contributed by atoms with Gasteiger partial charge in [0, 0.05) is 0 Å². The molecular weight excluding hydrogens is 250 g/mol. The van der Waals surface area contributed by atoms with Gasteiger partial charge < -0.3 is 9.47 Å². The maximum absolute atomic E-state index is 9.65. The lowest BCUT2D eigenvalue weighted by molar-refractivity contribution is -0.201. The Morgan fingerprint density at radius 2 is 1.65 bits per heavy atom. The number of nitrogens with zero attached hydrogens (tertiary/aromatic N) is 1. The molecule has 3 nitrogen and oxygen atoms in total. The molecule has 0 unspecified atom stereocenters. The van der Waals surface area contributed by atoms with Crippen LogP contribution in [0.2, 0.25) is 0 Å².